The van der Waals surface area contributed by atoms with Crippen molar-refractivity contribution < 1.29 is 46.6 Å². The van der Waals surface area contributed by atoms with E-state index < -0.39 is 29.5 Å². The minimum absolute atomic E-state index is 0.104. The molecule has 1 aromatic heterocycles. The van der Waals surface area contributed by atoms with E-state index >= 15 is 0 Å². The zero-order valence-corrected chi connectivity index (χ0v) is 37.0. The van der Waals surface area contributed by atoms with Crippen LogP contribution in [0.1, 0.15) is 111 Å². The maximum Gasteiger partial charge on any atom is 0.416 e. The summed E-state index contributed by atoms with van der Waals surface area (Å²) in [7, 11) is 2.05. The first kappa shape index (κ1) is 49.9. The topological polar surface area (TPSA) is 196 Å². The maximum absolute atomic E-state index is 13.9. The summed E-state index contributed by atoms with van der Waals surface area (Å²) in [6.07, 6.45) is 1.44. The average Bonchev–Trinajstić information content (AvgIpc) is 3.56. The van der Waals surface area contributed by atoms with Crippen molar-refractivity contribution in [3.05, 3.63) is 30.1 Å². The molecule has 2 heterocycles. The number of amides is 5. The lowest BCUT2D eigenvalue weighted by molar-refractivity contribution is -0.137. The van der Waals surface area contributed by atoms with Gasteiger partial charge >= 0.3 is 12.3 Å². The molecule has 2 aliphatic rings. The molecule has 19 heteroatoms. The summed E-state index contributed by atoms with van der Waals surface area (Å²) in [5, 5.41) is 14.8. The standard InChI is InChI=1S/C43H66F3N9O7/c1-28(2)54(6)30-15-17-35(55-22-18-33(40(55)59)53-39-31-25-29(43(44,45)46)14-16-32(31)50-27-51-39)34(26-30)52-38(58)12-7-11-36(56)47-20-9-23-61-24-10-21-48-37(57)13-8-19-49-41(60)62-42(3,4)5/h14,16,25,27-28,30,33-35H,7-13,15,17-24,26H2,1-6H3,(H,47,56)(H,48,57)(H,49,60)(H,52,58)(H,50,51,53)/t30-,33+,34-,35+/m1/s1. The van der Waals surface area contributed by atoms with Crippen LogP contribution < -0.4 is 26.6 Å². The number of nitrogens with one attached hydrogen (secondary N) is 5. The number of likely N-dealkylation sites (tertiary alicyclic amines) is 1. The summed E-state index contributed by atoms with van der Waals surface area (Å²) in [6, 6.07) is 2.39. The third kappa shape index (κ3) is 16.2. The van der Waals surface area contributed by atoms with Crippen LogP contribution in [0.15, 0.2) is 24.5 Å². The van der Waals surface area contributed by atoms with Crippen molar-refractivity contribution in [1.82, 2.24) is 41.0 Å². The monoisotopic (exact) mass is 878 g/mol. The van der Waals surface area contributed by atoms with Gasteiger partial charge in [0.05, 0.1) is 23.2 Å². The number of rotatable bonds is 22. The van der Waals surface area contributed by atoms with E-state index in [1.807, 2.05) is 0 Å². The van der Waals surface area contributed by atoms with Crippen molar-refractivity contribution in [2.24, 2.45) is 0 Å². The molecular formula is C43H66F3N9O7. The number of hydrogen-bond acceptors (Lipinski definition) is 11. The molecule has 16 nitrogen and oxygen atoms in total. The van der Waals surface area contributed by atoms with E-state index in [2.05, 4.69) is 62.3 Å². The van der Waals surface area contributed by atoms with Crippen LogP contribution in [-0.2, 0) is 34.8 Å². The van der Waals surface area contributed by atoms with Gasteiger partial charge in [0.15, 0.2) is 0 Å². The molecule has 5 N–H and O–H groups in total. The highest BCUT2D eigenvalue weighted by Gasteiger charge is 2.43. The van der Waals surface area contributed by atoms with E-state index in [0.29, 0.717) is 89.9 Å². The zero-order chi connectivity index (χ0) is 45.5. The Hall–Kier alpha value is -4.78. The Morgan fingerprint density at radius 3 is 2.16 bits per heavy atom. The van der Waals surface area contributed by atoms with Gasteiger partial charge in [-0.25, -0.2) is 14.8 Å². The van der Waals surface area contributed by atoms with Crippen molar-refractivity contribution in [2.75, 3.05) is 51.8 Å². The van der Waals surface area contributed by atoms with Gasteiger partial charge in [-0.3, -0.25) is 19.2 Å². The molecule has 0 bridgehead atoms. The van der Waals surface area contributed by atoms with Crippen LogP contribution in [0.25, 0.3) is 10.9 Å². The number of alkyl carbamates (subject to hydrolysis) is 1. The van der Waals surface area contributed by atoms with Gasteiger partial charge in [-0.2, -0.15) is 13.2 Å². The van der Waals surface area contributed by atoms with Crippen LogP contribution in [0.5, 0.6) is 0 Å². The fourth-order valence-electron chi connectivity index (χ4n) is 7.66. The zero-order valence-electron chi connectivity index (χ0n) is 37.0. The quantitative estimate of drug-likeness (QED) is 0.101. The first-order valence-electron chi connectivity index (χ1n) is 21.8. The molecular weight excluding hydrogens is 812 g/mol. The predicted molar refractivity (Wildman–Crippen MR) is 228 cm³/mol. The smallest absolute Gasteiger partial charge is 0.416 e. The molecule has 1 saturated carbocycles. The van der Waals surface area contributed by atoms with Gasteiger partial charge in [-0.05, 0) is 111 Å². The number of ether oxygens (including phenoxy) is 2. The number of benzene rings is 1. The van der Waals surface area contributed by atoms with Gasteiger partial charge < -0.3 is 45.9 Å². The van der Waals surface area contributed by atoms with E-state index in [1.165, 1.54) is 12.4 Å². The molecule has 1 aliphatic carbocycles. The molecule has 0 unspecified atom stereocenters. The van der Waals surface area contributed by atoms with Crippen LogP contribution in [0.3, 0.4) is 0 Å². The SMILES string of the molecule is CC(C)N(C)[C@@H]1CC[C@H](N2CC[C@H](Nc3ncnc4ccc(C(F)(F)F)cc34)C2=O)[C@H](NC(=O)CCCC(=O)NCCCOCCCNC(=O)CCCNC(=O)OC(C)(C)C)C1. The van der Waals surface area contributed by atoms with Crippen molar-refractivity contribution in [3.63, 3.8) is 0 Å². The molecule has 2 fully saturated rings. The number of fused-ring (bicyclic) bond motifs is 1. The van der Waals surface area contributed by atoms with E-state index in [9.17, 15) is 37.1 Å². The molecule has 1 aliphatic heterocycles. The van der Waals surface area contributed by atoms with Gasteiger partial charge in [0.2, 0.25) is 23.6 Å². The summed E-state index contributed by atoms with van der Waals surface area (Å²) in [5.41, 5.74) is -1.08. The molecule has 5 amide bonds. The second-order valence-corrected chi connectivity index (χ2v) is 17.3. The number of alkyl halides is 3. The van der Waals surface area contributed by atoms with Crippen LogP contribution in [0.2, 0.25) is 0 Å². The lowest BCUT2D eigenvalue weighted by Crippen LogP contribution is -2.58. The molecule has 346 valence electrons. The molecule has 4 atom stereocenters. The predicted octanol–water partition coefficient (Wildman–Crippen LogP) is 4.91. The average molecular weight is 878 g/mol. The molecule has 1 saturated heterocycles. The fraction of sp³-hybridized carbons (Fsp3) is 0.698. The van der Waals surface area contributed by atoms with E-state index in [4.69, 9.17) is 9.47 Å². The molecule has 2 aromatic rings. The Labute approximate surface area is 362 Å². The molecule has 0 spiro atoms. The summed E-state index contributed by atoms with van der Waals surface area (Å²) in [6.45, 7) is 12.1. The number of anilines is 1. The van der Waals surface area contributed by atoms with E-state index in [1.54, 1.807) is 25.7 Å². The van der Waals surface area contributed by atoms with Crippen LogP contribution >= 0.6 is 0 Å². The summed E-state index contributed by atoms with van der Waals surface area (Å²) >= 11 is 0. The molecule has 1 aromatic carbocycles. The second-order valence-electron chi connectivity index (χ2n) is 17.3. The number of aromatic nitrogens is 2. The minimum atomic E-state index is -4.55. The first-order chi connectivity index (χ1) is 29.3. The highest BCUT2D eigenvalue weighted by molar-refractivity contribution is 5.93. The normalized spacial score (nSPS) is 19.5. The van der Waals surface area contributed by atoms with Crippen LogP contribution in [-0.4, -0.2) is 132 Å². The second kappa shape index (κ2) is 23.6. The van der Waals surface area contributed by atoms with Crippen LogP contribution in [0, 0.1) is 0 Å². The third-order valence-electron chi connectivity index (χ3n) is 11.1. The number of carbonyl (C=O) groups excluding carboxylic acids is 5. The van der Waals surface area contributed by atoms with Gasteiger partial charge in [0.1, 0.15) is 23.8 Å². The Morgan fingerprint density at radius 1 is 0.871 bits per heavy atom. The fourth-order valence-corrected chi connectivity index (χ4v) is 7.66. The Morgan fingerprint density at radius 2 is 1.52 bits per heavy atom. The number of carbonyl (C=O) groups is 5. The highest BCUT2D eigenvalue weighted by atomic mass is 19.4. The largest absolute Gasteiger partial charge is 0.444 e. The lowest BCUT2D eigenvalue weighted by Gasteiger charge is -2.44. The van der Waals surface area contributed by atoms with Crippen LogP contribution in [0.4, 0.5) is 23.8 Å². The van der Waals surface area contributed by atoms with Crippen molar-refractivity contribution in [3.8, 4) is 0 Å². The molecule has 62 heavy (non-hydrogen) atoms. The Balaban J connectivity index is 1.14. The highest BCUT2D eigenvalue weighted by Crippen LogP contribution is 2.34. The van der Waals surface area contributed by atoms with Gasteiger partial charge in [-0.1, -0.05) is 0 Å². The van der Waals surface area contributed by atoms with Gasteiger partial charge in [0, 0.05) is 76.1 Å². The van der Waals surface area contributed by atoms with E-state index in [0.717, 1.165) is 18.6 Å². The van der Waals surface area contributed by atoms with Crippen molar-refractivity contribution in [2.45, 2.75) is 147 Å². The van der Waals surface area contributed by atoms with Crippen molar-refractivity contribution >= 4 is 46.4 Å². The van der Waals surface area contributed by atoms with Gasteiger partial charge in [0.25, 0.3) is 0 Å². The lowest BCUT2D eigenvalue weighted by atomic mass is 9.84. The minimum Gasteiger partial charge on any atom is -0.444 e. The number of hydrogen-bond donors (Lipinski definition) is 5. The van der Waals surface area contributed by atoms with E-state index in [-0.39, 0.29) is 78.3 Å². The number of nitrogens with zero attached hydrogens (tertiary/aromatic N) is 4. The van der Waals surface area contributed by atoms with Gasteiger partial charge in [-0.15, -0.1) is 0 Å². The maximum atomic E-state index is 13.9. The molecule has 0 radical (unpaired) electrons. The summed E-state index contributed by atoms with van der Waals surface area (Å²) in [5.74, 6) is -0.513. The van der Waals surface area contributed by atoms with Crippen molar-refractivity contribution in [1.29, 1.82) is 0 Å². The summed E-state index contributed by atoms with van der Waals surface area (Å²) in [4.78, 5) is 75.7. The molecule has 4 rings (SSSR count). The Kier molecular flexibility index (Phi) is 19.0. The summed E-state index contributed by atoms with van der Waals surface area (Å²) < 4.78 is 51.3. The number of halogens is 3. The third-order valence-corrected chi connectivity index (χ3v) is 11.1. The Bertz CT molecular complexity index is 1810. The first-order valence-corrected chi connectivity index (χ1v) is 21.8.